The molecule has 0 radical (unpaired) electrons. The Labute approximate surface area is 369 Å². The molecule has 0 saturated carbocycles. The fourth-order valence-electron chi connectivity index (χ4n) is 10.7. The summed E-state index contributed by atoms with van der Waals surface area (Å²) in [6.07, 6.45) is 3.17. The van der Waals surface area contributed by atoms with Crippen LogP contribution in [0.1, 0.15) is 22.7 Å². The first-order valence-corrected chi connectivity index (χ1v) is 22.1. The van der Waals surface area contributed by atoms with Gasteiger partial charge in [0.15, 0.2) is 0 Å². The van der Waals surface area contributed by atoms with Crippen molar-refractivity contribution in [2.75, 3.05) is 0 Å². The van der Waals surface area contributed by atoms with Gasteiger partial charge in [0.05, 0.1) is 28.2 Å². The SMILES string of the molecule is C1=C2Oc3ccccc3C2Cc2c1n(-c1cccc(-c3ccccc3)c1)c1ccc(-c3ccc4c(c3)c3cc5c(cc3n4-c3cccc(-c4ccccc4)c3)oc3ccccc35)cc21. The molecule has 0 N–H and O–H groups in total. The van der Waals surface area contributed by atoms with E-state index in [1.54, 1.807) is 0 Å². The van der Waals surface area contributed by atoms with E-state index in [9.17, 15) is 0 Å². The van der Waals surface area contributed by atoms with Gasteiger partial charge in [-0.2, -0.15) is 0 Å². The van der Waals surface area contributed by atoms with Crippen molar-refractivity contribution in [2.45, 2.75) is 12.3 Å². The van der Waals surface area contributed by atoms with Crippen LogP contribution in [0.2, 0.25) is 0 Å². The molecule has 300 valence electrons. The molecule has 0 fully saturated rings. The minimum atomic E-state index is 0.181. The molecule has 1 unspecified atom stereocenters. The van der Waals surface area contributed by atoms with Crippen molar-refractivity contribution in [1.82, 2.24) is 9.13 Å². The zero-order valence-electron chi connectivity index (χ0n) is 34.7. The largest absolute Gasteiger partial charge is 0.461 e. The Kier molecular flexibility index (Phi) is 7.48. The molecule has 64 heavy (non-hydrogen) atoms. The van der Waals surface area contributed by atoms with Crippen LogP contribution in [0, 0.1) is 0 Å². The minimum absolute atomic E-state index is 0.181. The lowest BCUT2D eigenvalue weighted by Crippen LogP contribution is -2.10. The number of nitrogens with zero attached hydrogens (tertiary/aromatic N) is 2. The van der Waals surface area contributed by atoms with Crippen molar-refractivity contribution in [3.05, 3.63) is 229 Å². The highest BCUT2D eigenvalue weighted by atomic mass is 16.5. The van der Waals surface area contributed by atoms with E-state index in [-0.39, 0.29) is 5.92 Å². The topological polar surface area (TPSA) is 32.2 Å². The van der Waals surface area contributed by atoms with Crippen LogP contribution in [0.15, 0.2) is 216 Å². The van der Waals surface area contributed by atoms with E-state index in [4.69, 9.17) is 9.15 Å². The highest BCUT2D eigenvalue weighted by Gasteiger charge is 2.36. The molecule has 0 amide bonds. The van der Waals surface area contributed by atoms with Crippen LogP contribution >= 0.6 is 0 Å². The van der Waals surface area contributed by atoms with Crippen LogP contribution in [0.3, 0.4) is 0 Å². The smallest absolute Gasteiger partial charge is 0.137 e. The molecule has 0 bridgehead atoms. The summed E-state index contributed by atoms with van der Waals surface area (Å²) in [4.78, 5) is 0. The van der Waals surface area contributed by atoms with Gasteiger partial charge in [-0.3, -0.25) is 0 Å². The molecular weight excluding hydrogens is 781 g/mol. The molecule has 1 aliphatic carbocycles. The second kappa shape index (κ2) is 13.6. The molecule has 3 aromatic heterocycles. The second-order valence-electron chi connectivity index (χ2n) is 17.2. The number of furan rings is 1. The van der Waals surface area contributed by atoms with Gasteiger partial charge in [-0.15, -0.1) is 0 Å². The first-order chi connectivity index (χ1) is 31.7. The van der Waals surface area contributed by atoms with Crippen molar-refractivity contribution in [1.29, 1.82) is 0 Å². The maximum Gasteiger partial charge on any atom is 0.137 e. The molecule has 0 spiro atoms. The fourth-order valence-corrected chi connectivity index (χ4v) is 10.7. The summed E-state index contributed by atoms with van der Waals surface area (Å²) in [7, 11) is 0. The summed E-state index contributed by atoms with van der Waals surface area (Å²) in [6, 6.07) is 74.6. The van der Waals surface area contributed by atoms with Crippen molar-refractivity contribution in [3.63, 3.8) is 0 Å². The molecule has 1 aliphatic heterocycles. The molecule has 12 aromatic rings. The normalized spacial score (nSPS) is 14.2. The first-order valence-electron chi connectivity index (χ1n) is 22.1. The van der Waals surface area contributed by atoms with E-state index in [0.717, 1.165) is 62.3 Å². The first kappa shape index (κ1) is 35.3. The van der Waals surface area contributed by atoms with Gasteiger partial charge in [0, 0.05) is 56.0 Å². The lowest BCUT2D eigenvalue weighted by molar-refractivity contribution is 0.429. The summed E-state index contributed by atoms with van der Waals surface area (Å²) in [5.74, 6) is 2.17. The number of benzene rings is 9. The molecule has 2 aliphatic rings. The zero-order chi connectivity index (χ0) is 41.9. The third-order valence-electron chi connectivity index (χ3n) is 13.7. The van der Waals surface area contributed by atoms with E-state index in [2.05, 4.69) is 215 Å². The number of fused-ring (bicyclic) bond motifs is 12. The number of aromatic nitrogens is 2. The summed E-state index contributed by atoms with van der Waals surface area (Å²) in [6.45, 7) is 0. The molecule has 0 saturated heterocycles. The van der Waals surface area contributed by atoms with Gasteiger partial charge < -0.3 is 18.3 Å². The van der Waals surface area contributed by atoms with Crippen molar-refractivity contribution >= 4 is 60.7 Å². The average molecular weight is 819 g/mol. The molecule has 4 heterocycles. The highest BCUT2D eigenvalue weighted by Crippen LogP contribution is 2.49. The van der Waals surface area contributed by atoms with E-state index in [1.165, 1.54) is 71.9 Å². The quantitative estimate of drug-likeness (QED) is 0.173. The van der Waals surface area contributed by atoms with E-state index < -0.39 is 0 Å². The van der Waals surface area contributed by atoms with Gasteiger partial charge in [0.25, 0.3) is 0 Å². The summed E-state index contributed by atoms with van der Waals surface area (Å²) < 4.78 is 17.9. The highest BCUT2D eigenvalue weighted by molar-refractivity contribution is 6.18. The maximum absolute atomic E-state index is 6.56. The third-order valence-corrected chi connectivity index (χ3v) is 13.7. The van der Waals surface area contributed by atoms with Crippen LogP contribution in [-0.2, 0) is 6.42 Å². The van der Waals surface area contributed by atoms with Crippen molar-refractivity contribution in [2.24, 2.45) is 0 Å². The Balaban J connectivity index is 0.975. The Morgan fingerprint density at radius 1 is 0.391 bits per heavy atom. The monoisotopic (exact) mass is 818 g/mol. The lowest BCUT2D eigenvalue weighted by atomic mass is 9.86. The van der Waals surface area contributed by atoms with Crippen molar-refractivity contribution in [3.8, 4) is 50.5 Å². The number of hydrogen-bond acceptors (Lipinski definition) is 2. The number of allylic oxidation sites excluding steroid dienone is 1. The molecule has 4 nitrogen and oxygen atoms in total. The van der Waals surface area contributed by atoms with Crippen LogP contribution in [0.4, 0.5) is 0 Å². The van der Waals surface area contributed by atoms with Gasteiger partial charge in [0.1, 0.15) is 22.7 Å². The molecule has 9 aromatic carbocycles. The second-order valence-corrected chi connectivity index (χ2v) is 17.2. The van der Waals surface area contributed by atoms with Crippen LogP contribution in [0.25, 0.3) is 105 Å². The van der Waals surface area contributed by atoms with Crippen LogP contribution < -0.4 is 4.74 Å². The molecule has 4 heteroatoms. The van der Waals surface area contributed by atoms with Gasteiger partial charge in [0.2, 0.25) is 0 Å². The number of rotatable bonds is 5. The number of para-hydroxylation sites is 2. The summed E-state index contributed by atoms with van der Waals surface area (Å²) >= 11 is 0. The summed E-state index contributed by atoms with van der Waals surface area (Å²) in [5.41, 5.74) is 18.4. The summed E-state index contributed by atoms with van der Waals surface area (Å²) in [5, 5.41) is 5.92. The Hall–Kier alpha value is -8.34. The zero-order valence-corrected chi connectivity index (χ0v) is 34.7. The molecular formula is C60H38N2O2. The number of hydrogen-bond donors (Lipinski definition) is 0. The van der Waals surface area contributed by atoms with Gasteiger partial charge >= 0.3 is 0 Å². The van der Waals surface area contributed by atoms with Crippen LogP contribution in [-0.4, -0.2) is 9.13 Å². The predicted molar refractivity (Wildman–Crippen MR) is 263 cm³/mol. The van der Waals surface area contributed by atoms with Gasteiger partial charge in [-0.1, -0.05) is 133 Å². The van der Waals surface area contributed by atoms with E-state index in [1.807, 2.05) is 6.07 Å². The predicted octanol–water partition coefficient (Wildman–Crippen LogP) is 15.7. The molecule has 14 rings (SSSR count). The van der Waals surface area contributed by atoms with Crippen molar-refractivity contribution < 1.29 is 9.15 Å². The fraction of sp³-hybridized carbons (Fsp3) is 0.0333. The minimum Gasteiger partial charge on any atom is -0.461 e. The van der Waals surface area contributed by atoms with E-state index in [0.29, 0.717) is 0 Å². The van der Waals surface area contributed by atoms with Gasteiger partial charge in [-0.25, -0.2) is 0 Å². The van der Waals surface area contributed by atoms with E-state index >= 15 is 0 Å². The maximum atomic E-state index is 6.56. The lowest BCUT2D eigenvalue weighted by Gasteiger charge is -2.19. The van der Waals surface area contributed by atoms with Crippen LogP contribution in [0.5, 0.6) is 5.75 Å². The average Bonchev–Trinajstić information content (AvgIpc) is 4.10. The Bertz CT molecular complexity index is 3900. The third kappa shape index (κ3) is 5.29. The molecule has 1 atom stereocenters. The Morgan fingerprint density at radius 3 is 1.73 bits per heavy atom. The Morgan fingerprint density at radius 2 is 0.984 bits per heavy atom. The number of ether oxygens (including phenoxy) is 1. The standard InChI is InChI=1S/C60H38N2O2/c1-3-13-37(14-4-1)39-17-11-19-43(29-39)61-53-27-25-41(31-47(53)49-33-51-45-21-7-9-23-57(45)63-59(51)35-55(49)61)42-26-28-54-48(32-42)50-34-52-46-22-8-10-24-58(46)64-60(52)36-56(50)62(54)44-20-12-18-40(30-44)38-15-5-2-6-16-38/h1-33,35-36,52H,34H2. The van der Waals surface area contributed by atoms with Gasteiger partial charge in [-0.05, 0) is 112 Å².